The summed E-state index contributed by atoms with van der Waals surface area (Å²) in [5.41, 5.74) is 4.03. The number of hydrogen-bond acceptors (Lipinski definition) is 4. The smallest absolute Gasteiger partial charge is 0.247 e. The molecule has 0 aromatic heterocycles. The molecule has 0 bridgehead atoms. The van der Waals surface area contributed by atoms with E-state index in [2.05, 4.69) is 5.32 Å². The fourth-order valence-corrected chi connectivity index (χ4v) is 6.11. The molecule has 2 heterocycles. The summed E-state index contributed by atoms with van der Waals surface area (Å²) in [7, 11) is -3.59. The maximum Gasteiger partial charge on any atom is 0.247 e. The highest BCUT2D eigenvalue weighted by Crippen LogP contribution is 2.35. The standard InChI is InChI=1S/C24H29N3O4S/c1-16-8-7-9-21(17(16)2)25-24(29)23-15-19-14-20(10-11-22(19)27(23)18(3)28)32(30,31)26-12-5-4-6-13-26/h7-11,14,23H,4-6,12-13,15H2,1-3H3,(H,25,29). The summed E-state index contributed by atoms with van der Waals surface area (Å²) in [6.07, 6.45) is 3.04. The van der Waals surface area contributed by atoms with Gasteiger partial charge >= 0.3 is 0 Å². The van der Waals surface area contributed by atoms with Crippen LogP contribution in [0.3, 0.4) is 0 Å². The van der Waals surface area contributed by atoms with Crippen molar-refractivity contribution in [1.82, 2.24) is 4.31 Å². The molecule has 2 aliphatic rings. The van der Waals surface area contributed by atoms with Gasteiger partial charge in [0.25, 0.3) is 0 Å². The number of hydrogen-bond donors (Lipinski definition) is 1. The Morgan fingerprint density at radius 1 is 1.03 bits per heavy atom. The van der Waals surface area contributed by atoms with Gasteiger partial charge in [-0.3, -0.25) is 14.5 Å². The van der Waals surface area contributed by atoms with Crippen molar-refractivity contribution in [2.45, 2.75) is 57.4 Å². The molecule has 2 aliphatic heterocycles. The fraction of sp³-hybridized carbons (Fsp3) is 0.417. The maximum absolute atomic E-state index is 13.2. The third-order valence-corrected chi connectivity index (χ3v) is 8.39. The predicted octanol–water partition coefficient (Wildman–Crippen LogP) is 3.39. The molecule has 7 nitrogen and oxygen atoms in total. The van der Waals surface area contributed by atoms with Crippen molar-refractivity contribution in [1.29, 1.82) is 0 Å². The molecule has 0 aliphatic carbocycles. The van der Waals surface area contributed by atoms with Gasteiger partial charge in [-0.25, -0.2) is 8.42 Å². The number of carbonyl (C=O) groups is 2. The Hall–Kier alpha value is -2.71. The summed E-state index contributed by atoms with van der Waals surface area (Å²) in [6, 6.07) is 9.78. The van der Waals surface area contributed by atoms with Crippen molar-refractivity contribution >= 4 is 33.2 Å². The molecule has 2 aromatic rings. The SMILES string of the molecule is CC(=O)N1c2ccc(S(=O)(=O)N3CCCCC3)cc2CC1C(=O)Nc1cccc(C)c1C. The molecule has 32 heavy (non-hydrogen) atoms. The average Bonchev–Trinajstić information content (AvgIpc) is 3.17. The summed E-state index contributed by atoms with van der Waals surface area (Å²) < 4.78 is 27.7. The number of benzene rings is 2. The van der Waals surface area contributed by atoms with E-state index >= 15 is 0 Å². The molecular formula is C24H29N3O4S. The van der Waals surface area contributed by atoms with E-state index in [0.29, 0.717) is 30.0 Å². The zero-order valence-corrected chi connectivity index (χ0v) is 19.5. The fourth-order valence-electron chi connectivity index (χ4n) is 4.54. The number of fused-ring (bicyclic) bond motifs is 1. The van der Waals surface area contributed by atoms with E-state index in [1.807, 2.05) is 32.0 Å². The van der Waals surface area contributed by atoms with Crippen molar-refractivity contribution in [3.05, 3.63) is 53.1 Å². The number of sulfonamides is 1. The van der Waals surface area contributed by atoms with Crippen molar-refractivity contribution in [2.75, 3.05) is 23.3 Å². The number of carbonyl (C=O) groups excluding carboxylic acids is 2. The molecular weight excluding hydrogens is 426 g/mol. The Balaban J connectivity index is 1.62. The van der Waals surface area contributed by atoms with Crippen molar-refractivity contribution in [3.8, 4) is 0 Å². The second-order valence-corrected chi connectivity index (χ2v) is 10.5. The Bertz CT molecular complexity index is 1170. The molecule has 1 fully saturated rings. The van der Waals surface area contributed by atoms with Crippen LogP contribution < -0.4 is 10.2 Å². The molecule has 0 saturated carbocycles. The van der Waals surface area contributed by atoms with E-state index in [-0.39, 0.29) is 23.1 Å². The Morgan fingerprint density at radius 2 is 1.75 bits per heavy atom. The molecule has 1 atom stereocenters. The first-order valence-electron chi connectivity index (χ1n) is 11.0. The van der Waals surface area contributed by atoms with Gasteiger partial charge < -0.3 is 5.32 Å². The largest absolute Gasteiger partial charge is 0.324 e. The molecule has 2 amide bonds. The minimum absolute atomic E-state index is 0.220. The highest BCUT2D eigenvalue weighted by molar-refractivity contribution is 7.89. The topological polar surface area (TPSA) is 86.8 Å². The van der Waals surface area contributed by atoms with Crippen LogP contribution in [-0.2, 0) is 26.0 Å². The number of nitrogens with one attached hydrogen (secondary N) is 1. The molecule has 1 unspecified atom stereocenters. The van der Waals surface area contributed by atoms with Gasteiger partial charge in [0.05, 0.1) is 4.90 Å². The number of anilines is 2. The quantitative estimate of drug-likeness (QED) is 0.766. The minimum Gasteiger partial charge on any atom is -0.324 e. The third-order valence-electron chi connectivity index (χ3n) is 6.49. The van der Waals surface area contributed by atoms with Gasteiger partial charge in [-0.2, -0.15) is 4.31 Å². The van der Waals surface area contributed by atoms with Crippen LogP contribution in [0.2, 0.25) is 0 Å². The Morgan fingerprint density at radius 3 is 2.44 bits per heavy atom. The first-order chi connectivity index (χ1) is 15.2. The average molecular weight is 456 g/mol. The second kappa shape index (κ2) is 8.67. The first-order valence-corrected chi connectivity index (χ1v) is 12.4. The number of amides is 2. The summed E-state index contributed by atoms with van der Waals surface area (Å²) in [4.78, 5) is 27.3. The Kier molecular flexibility index (Phi) is 6.09. The van der Waals surface area contributed by atoms with E-state index < -0.39 is 16.1 Å². The number of aryl methyl sites for hydroxylation is 1. The van der Waals surface area contributed by atoms with Gasteiger partial charge in [0.15, 0.2) is 0 Å². The van der Waals surface area contributed by atoms with Crippen LogP contribution in [0.15, 0.2) is 41.3 Å². The van der Waals surface area contributed by atoms with E-state index in [1.54, 1.807) is 18.2 Å². The zero-order chi connectivity index (χ0) is 23.0. The normalized spacial score (nSPS) is 19.0. The summed E-state index contributed by atoms with van der Waals surface area (Å²) in [5.74, 6) is -0.540. The van der Waals surface area contributed by atoms with Crippen molar-refractivity contribution in [2.24, 2.45) is 0 Å². The lowest BCUT2D eigenvalue weighted by Crippen LogP contribution is -2.44. The van der Waals surface area contributed by atoms with E-state index in [4.69, 9.17) is 0 Å². The van der Waals surface area contributed by atoms with Crippen LogP contribution >= 0.6 is 0 Å². The lowest BCUT2D eigenvalue weighted by Gasteiger charge is -2.26. The molecule has 1 N–H and O–H groups in total. The van der Waals surface area contributed by atoms with Gasteiger partial charge in [0.1, 0.15) is 6.04 Å². The van der Waals surface area contributed by atoms with Crippen LogP contribution in [0.1, 0.15) is 42.9 Å². The molecule has 2 aromatic carbocycles. The first kappa shape index (κ1) is 22.5. The summed E-state index contributed by atoms with van der Waals surface area (Å²) >= 11 is 0. The monoisotopic (exact) mass is 455 g/mol. The van der Waals surface area contributed by atoms with Crippen molar-refractivity contribution < 1.29 is 18.0 Å². The predicted molar refractivity (Wildman–Crippen MR) is 124 cm³/mol. The number of nitrogens with zero attached hydrogens (tertiary/aromatic N) is 2. The van der Waals surface area contributed by atoms with Crippen LogP contribution in [0.25, 0.3) is 0 Å². The third kappa shape index (κ3) is 4.04. The van der Waals surface area contributed by atoms with Gasteiger partial charge in [0, 0.05) is 37.8 Å². The van der Waals surface area contributed by atoms with Crippen LogP contribution in [0.5, 0.6) is 0 Å². The van der Waals surface area contributed by atoms with Gasteiger partial charge in [-0.05, 0) is 67.6 Å². The lowest BCUT2D eigenvalue weighted by molar-refractivity contribution is -0.122. The number of piperidine rings is 1. The molecule has 4 rings (SSSR count). The van der Waals surface area contributed by atoms with E-state index in [9.17, 15) is 18.0 Å². The summed E-state index contributed by atoms with van der Waals surface area (Å²) in [5, 5.41) is 2.95. The minimum atomic E-state index is -3.59. The molecule has 170 valence electrons. The van der Waals surface area contributed by atoms with E-state index in [1.165, 1.54) is 16.1 Å². The molecule has 1 saturated heterocycles. The van der Waals surface area contributed by atoms with Crippen molar-refractivity contribution in [3.63, 3.8) is 0 Å². The lowest BCUT2D eigenvalue weighted by atomic mass is 10.1. The zero-order valence-electron chi connectivity index (χ0n) is 18.7. The van der Waals surface area contributed by atoms with Crippen LogP contribution in [-0.4, -0.2) is 43.7 Å². The highest BCUT2D eigenvalue weighted by Gasteiger charge is 2.38. The molecule has 0 radical (unpaired) electrons. The van der Waals surface area contributed by atoms with E-state index in [0.717, 1.165) is 30.4 Å². The molecule has 0 spiro atoms. The summed E-state index contributed by atoms with van der Waals surface area (Å²) in [6.45, 7) is 6.39. The van der Waals surface area contributed by atoms with Gasteiger partial charge in [0.2, 0.25) is 21.8 Å². The maximum atomic E-state index is 13.2. The highest BCUT2D eigenvalue weighted by atomic mass is 32.2. The van der Waals surface area contributed by atoms with Gasteiger partial charge in [-0.1, -0.05) is 18.6 Å². The van der Waals surface area contributed by atoms with Gasteiger partial charge in [-0.15, -0.1) is 0 Å². The Labute approximate surface area is 189 Å². The second-order valence-electron chi connectivity index (χ2n) is 8.60. The number of rotatable bonds is 4. The van der Waals surface area contributed by atoms with Crippen LogP contribution in [0, 0.1) is 13.8 Å². The van der Waals surface area contributed by atoms with Crippen LogP contribution in [0.4, 0.5) is 11.4 Å². The molecule has 8 heteroatoms.